The van der Waals surface area contributed by atoms with Crippen LogP contribution in [0.25, 0.3) is 0 Å². The molecule has 0 aliphatic heterocycles. The molecule has 0 aliphatic rings. The average Bonchev–Trinajstić information content (AvgIpc) is 2.71. The van der Waals surface area contributed by atoms with E-state index in [-0.39, 0.29) is 5.38 Å². The summed E-state index contributed by atoms with van der Waals surface area (Å²) in [7, 11) is 0. The topological polar surface area (TPSA) is 63.4 Å². The summed E-state index contributed by atoms with van der Waals surface area (Å²) in [6.07, 6.45) is 3.11. The van der Waals surface area contributed by atoms with Gasteiger partial charge in [-0.1, -0.05) is 38.5 Å². The maximum Gasteiger partial charge on any atom is 0.234 e. The van der Waals surface area contributed by atoms with Crippen LogP contribution in [0.3, 0.4) is 0 Å². The number of aliphatic imine (C=N–C) groups is 1. The number of hydrogen-bond acceptors (Lipinski definition) is 5. The fourth-order valence-corrected chi connectivity index (χ4v) is 2.63. The van der Waals surface area contributed by atoms with Crippen LogP contribution in [0.1, 0.15) is 25.8 Å². The Morgan fingerprint density at radius 2 is 1.85 bits per heavy atom. The SMILES string of the molecule is CC[C@H](C)[C@H](Cl)COc1ccc(N=Nc2ccccc2)cc1CCN=C=O. The molecule has 0 bridgehead atoms. The Morgan fingerprint density at radius 3 is 2.56 bits per heavy atom. The molecule has 6 heteroatoms. The molecule has 2 aromatic carbocycles. The van der Waals surface area contributed by atoms with Crippen LogP contribution in [-0.4, -0.2) is 24.6 Å². The van der Waals surface area contributed by atoms with Gasteiger partial charge in [0, 0.05) is 0 Å². The third-order valence-electron chi connectivity index (χ3n) is 4.30. The maximum atomic E-state index is 10.4. The number of azo groups is 1. The van der Waals surface area contributed by atoms with Crippen LogP contribution >= 0.6 is 11.6 Å². The van der Waals surface area contributed by atoms with Gasteiger partial charge in [0.25, 0.3) is 0 Å². The van der Waals surface area contributed by atoms with Gasteiger partial charge >= 0.3 is 0 Å². The number of ether oxygens (including phenoxy) is 1. The van der Waals surface area contributed by atoms with E-state index in [2.05, 4.69) is 29.1 Å². The van der Waals surface area contributed by atoms with Gasteiger partial charge in [-0.3, -0.25) is 0 Å². The lowest BCUT2D eigenvalue weighted by molar-refractivity contribution is 0.284. The first kappa shape index (κ1) is 20.8. The maximum absolute atomic E-state index is 10.4. The monoisotopic (exact) mass is 385 g/mol. The molecule has 0 saturated heterocycles. The van der Waals surface area contributed by atoms with Gasteiger partial charge in [0.1, 0.15) is 12.4 Å². The smallest absolute Gasteiger partial charge is 0.234 e. The second kappa shape index (κ2) is 11.3. The molecule has 0 heterocycles. The van der Waals surface area contributed by atoms with Gasteiger partial charge in [0.05, 0.1) is 23.3 Å². The molecule has 0 radical (unpaired) electrons. The van der Waals surface area contributed by atoms with Crippen LogP contribution in [0.5, 0.6) is 5.75 Å². The minimum Gasteiger partial charge on any atom is -0.492 e. The molecule has 2 atom stereocenters. The first-order chi connectivity index (χ1) is 13.1. The van der Waals surface area contributed by atoms with Crippen molar-refractivity contribution in [3.8, 4) is 5.75 Å². The molecular formula is C21H24ClN3O2. The molecule has 0 amide bonds. The Kier molecular flexibility index (Phi) is 8.69. The Bertz CT molecular complexity index is 789. The summed E-state index contributed by atoms with van der Waals surface area (Å²) in [5, 5.41) is 8.45. The fraction of sp³-hybridized carbons (Fsp3) is 0.381. The lowest BCUT2D eigenvalue weighted by Gasteiger charge is -2.18. The minimum absolute atomic E-state index is 0.0618. The first-order valence-corrected chi connectivity index (χ1v) is 9.48. The lowest BCUT2D eigenvalue weighted by atomic mass is 10.1. The van der Waals surface area contributed by atoms with Crippen LogP contribution in [-0.2, 0) is 11.2 Å². The molecule has 0 fully saturated rings. The molecule has 0 spiro atoms. The highest BCUT2D eigenvalue weighted by Gasteiger charge is 2.14. The molecule has 142 valence electrons. The first-order valence-electron chi connectivity index (χ1n) is 9.04. The van der Waals surface area contributed by atoms with Gasteiger partial charge < -0.3 is 4.74 Å². The molecule has 2 rings (SSSR count). The van der Waals surface area contributed by atoms with Gasteiger partial charge in [-0.25, -0.2) is 9.79 Å². The van der Waals surface area contributed by atoms with Crippen LogP contribution in [0.2, 0.25) is 0 Å². The second-order valence-electron chi connectivity index (χ2n) is 6.26. The third-order valence-corrected chi connectivity index (χ3v) is 4.85. The summed E-state index contributed by atoms with van der Waals surface area (Å²) in [6, 6.07) is 15.1. The summed E-state index contributed by atoms with van der Waals surface area (Å²) in [5.41, 5.74) is 2.40. The highest BCUT2D eigenvalue weighted by Crippen LogP contribution is 2.27. The highest BCUT2D eigenvalue weighted by atomic mass is 35.5. The summed E-state index contributed by atoms with van der Waals surface area (Å²) in [6.45, 7) is 4.98. The van der Waals surface area contributed by atoms with Gasteiger partial charge in [-0.15, -0.1) is 11.6 Å². The standard InChI is InChI=1S/C21H24ClN3O2/c1-3-16(2)20(22)14-27-21-10-9-19(13-17(21)11-12-23-15-26)25-24-18-7-5-4-6-8-18/h4-10,13,16,20H,3,11-12,14H2,1-2H3/t16-,20+/m0/s1. The van der Waals surface area contributed by atoms with Crippen LogP contribution in [0, 0.1) is 5.92 Å². The van der Waals surface area contributed by atoms with Crippen molar-refractivity contribution in [3.05, 3.63) is 54.1 Å². The number of carbonyl (C=O) groups excluding carboxylic acids is 1. The van der Waals surface area contributed by atoms with Crippen LogP contribution in [0.4, 0.5) is 11.4 Å². The van der Waals surface area contributed by atoms with E-state index in [1.54, 1.807) is 6.08 Å². The van der Waals surface area contributed by atoms with Crippen molar-refractivity contribution < 1.29 is 9.53 Å². The van der Waals surface area contributed by atoms with Crippen molar-refractivity contribution in [1.29, 1.82) is 0 Å². The zero-order chi connectivity index (χ0) is 19.5. The molecule has 2 aromatic rings. The molecule has 0 aromatic heterocycles. The van der Waals surface area contributed by atoms with Crippen molar-refractivity contribution in [2.45, 2.75) is 32.1 Å². The lowest BCUT2D eigenvalue weighted by Crippen LogP contribution is -2.19. The number of rotatable bonds is 10. The van der Waals surface area contributed by atoms with E-state index in [1.807, 2.05) is 48.5 Å². The average molecular weight is 386 g/mol. The number of hydrogen-bond donors (Lipinski definition) is 0. The predicted molar refractivity (Wildman–Crippen MR) is 108 cm³/mol. The van der Waals surface area contributed by atoms with Crippen molar-refractivity contribution >= 4 is 29.1 Å². The van der Waals surface area contributed by atoms with Crippen molar-refractivity contribution in [2.24, 2.45) is 21.1 Å². The van der Waals surface area contributed by atoms with E-state index in [0.717, 1.165) is 23.4 Å². The molecule has 27 heavy (non-hydrogen) atoms. The third kappa shape index (κ3) is 6.97. The van der Waals surface area contributed by atoms with Crippen molar-refractivity contribution in [2.75, 3.05) is 13.2 Å². The van der Waals surface area contributed by atoms with Gasteiger partial charge in [0.2, 0.25) is 6.08 Å². The summed E-state index contributed by atoms with van der Waals surface area (Å²) in [5.74, 6) is 1.09. The van der Waals surface area contributed by atoms with E-state index < -0.39 is 0 Å². The van der Waals surface area contributed by atoms with Gasteiger partial charge in [0.15, 0.2) is 0 Å². The van der Waals surface area contributed by atoms with E-state index >= 15 is 0 Å². The minimum atomic E-state index is -0.0618. The molecule has 0 saturated carbocycles. The molecule has 5 nitrogen and oxygen atoms in total. The summed E-state index contributed by atoms with van der Waals surface area (Å²) < 4.78 is 5.93. The van der Waals surface area contributed by atoms with E-state index in [9.17, 15) is 4.79 Å². The number of isocyanates is 1. The zero-order valence-corrected chi connectivity index (χ0v) is 16.4. The number of nitrogens with zero attached hydrogens (tertiary/aromatic N) is 3. The highest BCUT2D eigenvalue weighted by molar-refractivity contribution is 6.20. The van der Waals surface area contributed by atoms with Crippen molar-refractivity contribution in [3.63, 3.8) is 0 Å². The molecule has 0 N–H and O–H groups in total. The largest absolute Gasteiger partial charge is 0.492 e. The summed E-state index contributed by atoms with van der Waals surface area (Å²) in [4.78, 5) is 14.0. The Morgan fingerprint density at radius 1 is 1.11 bits per heavy atom. The Balaban J connectivity index is 2.15. The van der Waals surface area contributed by atoms with Crippen LogP contribution < -0.4 is 4.74 Å². The Hall–Kier alpha value is -2.49. The fourth-order valence-electron chi connectivity index (χ4n) is 2.39. The molecule has 0 unspecified atom stereocenters. The number of benzene rings is 2. The van der Waals surface area contributed by atoms with E-state index in [0.29, 0.717) is 31.2 Å². The van der Waals surface area contributed by atoms with Gasteiger partial charge in [-0.05, 0) is 48.2 Å². The van der Waals surface area contributed by atoms with Crippen molar-refractivity contribution in [1.82, 2.24) is 0 Å². The summed E-state index contributed by atoms with van der Waals surface area (Å²) >= 11 is 6.38. The number of halogens is 1. The van der Waals surface area contributed by atoms with E-state index in [4.69, 9.17) is 16.3 Å². The van der Waals surface area contributed by atoms with Crippen LogP contribution in [0.15, 0.2) is 63.8 Å². The normalized spacial score (nSPS) is 13.1. The van der Waals surface area contributed by atoms with Gasteiger partial charge in [-0.2, -0.15) is 10.2 Å². The molecular weight excluding hydrogens is 362 g/mol. The molecule has 0 aliphatic carbocycles. The van der Waals surface area contributed by atoms with E-state index in [1.165, 1.54) is 0 Å². The predicted octanol–water partition coefficient (Wildman–Crippen LogP) is 6.01. The zero-order valence-electron chi connectivity index (χ0n) is 15.6. The number of alkyl halides is 1. The Labute approximate surface area is 165 Å². The quantitative estimate of drug-likeness (QED) is 0.217. The second-order valence-corrected chi connectivity index (χ2v) is 6.82.